The van der Waals surface area contributed by atoms with Gasteiger partial charge in [0.2, 0.25) is 0 Å². The number of hydrogen-bond acceptors (Lipinski definition) is 3. The molecule has 1 aromatic carbocycles. The van der Waals surface area contributed by atoms with E-state index in [4.69, 9.17) is 0 Å². The Morgan fingerprint density at radius 1 is 1.35 bits per heavy atom. The molecule has 0 aliphatic carbocycles. The van der Waals surface area contributed by atoms with Crippen LogP contribution >= 0.6 is 0 Å². The molecule has 2 N–H and O–H groups in total. The molecule has 5 nitrogen and oxygen atoms in total. The number of carbonyl (C=O) groups is 1. The molecule has 0 bridgehead atoms. The van der Waals surface area contributed by atoms with Gasteiger partial charge in [-0.1, -0.05) is 30.3 Å². The Bertz CT molecular complexity index is 442. The molecule has 1 aromatic rings. The van der Waals surface area contributed by atoms with Crippen LogP contribution in [0.15, 0.2) is 30.3 Å². The van der Waals surface area contributed by atoms with E-state index < -0.39 is 6.10 Å². The Kier molecular flexibility index (Phi) is 4.75. The summed E-state index contributed by atoms with van der Waals surface area (Å²) in [6.07, 6.45) is -0.563. The number of aliphatic hydroxyl groups is 1. The average Bonchev–Trinajstić information content (AvgIpc) is 2.42. The third kappa shape index (κ3) is 3.79. The van der Waals surface area contributed by atoms with Crippen molar-refractivity contribution >= 4 is 5.91 Å². The van der Waals surface area contributed by atoms with Gasteiger partial charge in [-0.3, -0.25) is 9.69 Å². The molecule has 0 aromatic heterocycles. The van der Waals surface area contributed by atoms with Crippen LogP contribution in [0.25, 0.3) is 0 Å². The maximum absolute atomic E-state index is 11.5. The fourth-order valence-corrected chi connectivity index (χ4v) is 2.73. The largest absolute Gasteiger partial charge is 0.382 e. The topological polar surface area (TPSA) is 52.6 Å². The zero-order valence-corrected chi connectivity index (χ0v) is 12.2. The van der Waals surface area contributed by atoms with Crippen LogP contribution in [0.3, 0.4) is 0 Å². The van der Waals surface area contributed by atoms with Gasteiger partial charge in [-0.2, -0.15) is 0 Å². The molecule has 1 aliphatic heterocycles. The van der Waals surface area contributed by atoms with E-state index in [-0.39, 0.29) is 5.91 Å². The SMILES string of the molecule is CC(=O)N[N+]1(CC(O)c2ccccc2)CCN(C)CC1. The Balaban J connectivity index is 2.10. The average molecular weight is 278 g/mol. The van der Waals surface area contributed by atoms with Gasteiger partial charge in [-0.05, 0) is 12.6 Å². The highest BCUT2D eigenvalue weighted by Crippen LogP contribution is 2.19. The van der Waals surface area contributed by atoms with Gasteiger partial charge >= 0.3 is 0 Å². The molecular formula is C15H24N3O2+. The number of aliphatic hydroxyl groups excluding tert-OH is 1. The number of nitrogens with zero attached hydrogens (tertiary/aromatic N) is 2. The molecule has 1 heterocycles. The van der Waals surface area contributed by atoms with E-state index in [1.807, 2.05) is 30.3 Å². The van der Waals surface area contributed by atoms with Crippen LogP contribution in [-0.4, -0.2) is 60.3 Å². The normalized spacial score (nSPS) is 20.4. The van der Waals surface area contributed by atoms with Crippen molar-refractivity contribution in [3.63, 3.8) is 0 Å². The number of amides is 1. The Morgan fingerprint density at radius 3 is 2.50 bits per heavy atom. The third-order valence-electron chi connectivity index (χ3n) is 3.92. The highest BCUT2D eigenvalue weighted by molar-refractivity contribution is 5.71. The maximum Gasteiger partial charge on any atom is 0.261 e. The first-order valence-electron chi connectivity index (χ1n) is 7.07. The van der Waals surface area contributed by atoms with Gasteiger partial charge in [0.05, 0.1) is 0 Å². The van der Waals surface area contributed by atoms with Crippen molar-refractivity contribution < 1.29 is 14.5 Å². The van der Waals surface area contributed by atoms with E-state index in [1.54, 1.807) is 0 Å². The smallest absolute Gasteiger partial charge is 0.261 e. The summed E-state index contributed by atoms with van der Waals surface area (Å²) in [5.74, 6) is -0.0465. The molecule has 0 spiro atoms. The van der Waals surface area contributed by atoms with E-state index in [1.165, 1.54) is 6.92 Å². The van der Waals surface area contributed by atoms with Gasteiger partial charge in [0, 0.05) is 20.0 Å². The first kappa shape index (κ1) is 15.0. The Hall–Kier alpha value is -1.43. The number of quaternary nitrogens is 1. The number of nitrogens with one attached hydrogen (secondary N) is 1. The number of benzene rings is 1. The van der Waals surface area contributed by atoms with Gasteiger partial charge in [0.1, 0.15) is 25.7 Å². The second kappa shape index (κ2) is 6.35. The van der Waals surface area contributed by atoms with Crippen LogP contribution < -0.4 is 5.43 Å². The van der Waals surface area contributed by atoms with Crippen LogP contribution in [0.1, 0.15) is 18.6 Å². The molecule has 1 unspecified atom stereocenters. The predicted molar refractivity (Wildman–Crippen MR) is 77.6 cm³/mol. The van der Waals surface area contributed by atoms with Gasteiger partial charge in [0.15, 0.2) is 0 Å². The summed E-state index contributed by atoms with van der Waals surface area (Å²) in [6, 6.07) is 9.62. The van der Waals surface area contributed by atoms with Crippen molar-refractivity contribution in [3.05, 3.63) is 35.9 Å². The van der Waals surface area contributed by atoms with Crippen LogP contribution in [-0.2, 0) is 4.79 Å². The first-order valence-corrected chi connectivity index (χ1v) is 7.07. The summed E-state index contributed by atoms with van der Waals surface area (Å²) in [5.41, 5.74) is 3.93. The van der Waals surface area contributed by atoms with E-state index in [2.05, 4.69) is 17.4 Å². The van der Waals surface area contributed by atoms with Crippen molar-refractivity contribution in [2.24, 2.45) is 0 Å². The zero-order chi connectivity index (χ0) is 14.6. The summed E-state index contributed by atoms with van der Waals surface area (Å²) in [4.78, 5) is 13.7. The molecule has 1 amide bonds. The fraction of sp³-hybridized carbons (Fsp3) is 0.533. The lowest BCUT2D eigenvalue weighted by atomic mass is 10.1. The van der Waals surface area contributed by atoms with E-state index in [9.17, 15) is 9.90 Å². The molecule has 1 saturated heterocycles. The van der Waals surface area contributed by atoms with Gasteiger partial charge in [-0.15, -0.1) is 0 Å². The third-order valence-corrected chi connectivity index (χ3v) is 3.92. The molecule has 2 rings (SSSR count). The maximum atomic E-state index is 11.5. The van der Waals surface area contributed by atoms with Crippen LogP contribution in [0, 0.1) is 0 Å². The van der Waals surface area contributed by atoms with Gasteiger partial charge < -0.3 is 5.11 Å². The summed E-state index contributed by atoms with van der Waals surface area (Å²) >= 11 is 0. The number of hydrogen-bond donors (Lipinski definition) is 2. The minimum atomic E-state index is -0.563. The standard InChI is InChI=1S/C15H23N3O2/c1-13(19)16-18(10-8-17(2)9-11-18)12-15(20)14-6-4-3-5-7-14/h3-7,15,20H,8-12H2,1-2H3/p+1. The molecule has 20 heavy (non-hydrogen) atoms. The number of piperazine rings is 1. The summed E-state index contributed by atoms with van der Waals surface area (Å²) in [6.45, 7) is 5.52. The molecule has 110 valence electrons. The van der Waals surface area contributed by atoms with E-state index >= 15 is 0 Å². The lowest BCUT2D eigenvalue weighted by Crippen LogP contribution is -2.67. The molecule has 5 heteroatoms. The van der Waals surface area contributed by atoms with E-state index in [0.717, 1.165) is 31.7 Å². The summed E-state index contributed by atoms with van der Waals surface area (Å²) in [7, 11) is 2.08. The highest BCUT2D eigenvalue weighted by Gasteiger charge is 2.36. The summed E-state index contributed by atoms with van der Waals surface area (Å²) < 4.78 is 0.454. The van der Waals surface area contributed by atoms with Gasteiger partial charge in [0.25, 0.3) is 5.91 Å². The first-order chi connectivity index (χ1) is 9.51. The minimum absolute atomic E-state index is 0.0465. The predicted octanol–water partition coefficient (Wildman–Crippen LogP) is 0.533. The van der Waals surface area contributed by atoms with E-state index in [0.29, 0.717) is 11.1 Å². The fourth-order valence-electron chi connectivity index (χ4n) is 2.73. The lowest BCUT2D eigenvalue weighted by molar-refractivity contribution is -0.967. The van der Waals surface area contributed by atoms with Gasteiger partial charge in [-0.25, -0.2) is 10.0 Å². The molecule has 1 atom stereocenters. The van der Waals surface area contributed by atoms with Crippen molar-refractivity contribution in [3.8, 4) is 0 Å². The highest BCUT2D eigenvalue weighted by atomic mass is 16.3. The van der Waals surface area contributed by atoms with Crippen molar-refractivity contribution in [2.45, 2.75) is 13.0 Å². The second-order valence-electron chi connectivity index (χ2n) is 5.67. The lowest BCUT2D eigenvalue weighted by Gasteiger charge is -2.43. The molecule has 0 saturated carbocycles. The number of likely N-dealkylation sites (N-methyl/N-ethyl adjacent to an activating group) is 1. The molecule has 0 radical (unpaired) electrons. The molecule has 1 fully saturated rings. The number of carbonyl (C=O) groups excluding carboxylic acids is 1. The molecular weight excluding hydrogens is 254 g/mol. The Morgan fingerprint density at radius 2 is 1.95 bits per heavy atom. The van der Waals surface area contributed by atoms with Crippen LogP contribution in [0.4, 0.5) is 0 Å². The van der Waals surface area contributed by atoms with Crippen molar-refractivity contribution in [2.75, 3.05) is 39.8 Å². The number of rotatable bonds is 4. The zero-order valence-electron chi connectivity index (χ0n) is 12.2. The second-order valence-corrected chi connectivity index (χ2v) is 5.67. The Labute approximate surface area is 120 Å². The van der Waals surface area contributed by atoms with Crippen molar-refractivity contribution in [1.29, 1.82) is 0 Å². The monoisotopic (exact) mass is 278 g/mol. The quantitative estimate of drug-likeness (QED) is 0.790. The summed E-state index contributed by atoms with van der Waals surface area (Å²) in [5, 5.41) is 10.4. The van der Waals surface area contributed by atoms with Crippen LogP contribution in [0.5, 0.6) is 0 Å². The molecule has 1 aliphatic rings. The van der Waals surface area contributed by atoms with Crippen LogP contribution in [0.2, 0.25) is 0 Å². The minimum Gasteiger partial charge on any atom is -0.382 e. The van der Waals surface area contributed by atoms with Crippen molar-refractivity contribution in [1.82, 2.24) is 10.3 Å².